The molecule has 110 valence electrons. The molecule has 5 heteroatoms. The zero-order chi connectivity index (χ0) is 14.8. The Morgan fingerprint density at radius 3 is 3.05 bits per heavy atom. The van der Waals surface area contributed by atoms with Crippen molar-refractivity contribution in [3.8, 4) is 0 Å². The van der Waals surface area contributed by atoms with Gasteiger partial charge in [0.15, 0.2) is 0 Å². The summed E-state index contributed by atoms with van der Waals surface area (Å²) in [7, 11) is 0. The van der Waals surface area contributed by atoms with Crippen LogP contribution in [0.5, 0.6) is 0 Å². The second-order valence-corrected chi connectivity index (χ2v) is 6.27. The molecule has 1 aromatic heterocycles. The molecule has 21 heavy (non-hydrogen) atoms. The van der Waals surface area contributed by atoms with Gasteiger partial charge in [0.1, 0.15) is 0 Å². The van der Waals surface area contributed by atoms with Crippen molar-refractivity contribution in [1.82, 2.24) is 9.88 Å². The third-order valence-electron chi connectivity index (χ3n) is 4.03. The van der Waals surface area contributed by atoms with Crippen LogP contribution in [-0.4, -0.2) is 40.1 Å². The zero-order valence-electron chi connectivity index (χ0n) is 11.6. The van der Waals surface area contributed by atoms with E-state index >= 15 is 0 Å². The normalized spacial score (nSPS) is 19.0. The van der Waals surface area contributed by atoms with Gasteiger partial charge in [0, 0.05) is 22.6 Å². The van der Waals surface area contributed by atoms with Gasteiger partial charge in [-0.25, -0.2) is 0 Å². The highest BCUT2D eigenvalue weighted by Gasteiger charge is 2.27. The number of rotatable bonds is 2. The van der Waals surface area contributed by atoms with E-state index in [4.69, 9.17) is 0 Å². The monoisotopic (exact) mass is 348 g/mol. The van der Waals surface area contributed by atoms with Crippen LogP contribution in [-0.2, 0) is 0 Å². The molecule has 2 heterocycles. The van der Waals surface area contributed by atoms with Crippen LogP contribution >= 0.6 is 15.9 Å². The molecule has 0 radical (unpaired) electrons. The lowest BCUT2D eigenvalue weighted by Gasteiger charge is -2.34. The number of carbonyl (C=O) groups excluding carboxylic acids is 1. The molecule has 2 aromatic rings. The number of likely N-dealkylation sites (tertiary alicyclic amines) is 1. The maximum Gasteiger partial charge on any atom is 0.254 e. The molecule has 0 spiro atoms. The van der Waals surface area contributed by atoms with E-state index in [1.54, 1.807) is 17.2 Å². The Labute approximate surface area is 131 Å². The number of aromatic nitrogens is 1. The number of amides is 1. The summed E-state index contributed by atoms with van der Waals surface area (Å²) in [5.41, 5.74) is 1.46. The lowest BCUT2D eigenvalue weighted by atomic mass is 10.0. The molecular weight excluding hydrogens is 332 g/mol. The number of pyridine rings is 1. The molecule has 0 unspecified atom stereocenters. The molecule has 1 aromatic carbocycles. The summed E-state index contributed by atoms with van der Waals surface area (Å²) in [6.45, 7) is 0.736. The Balaban J connectivity index is 2.03. The summed E-state index contributed by atoms with van der Waals surface area (Å²) in [5, 5.41) is 10.3. The number of piperidine rings is 1. The summed E-state index contributed by atoms with van der Waals surface area (Å²) in [6.07, 6.45) is 4.60. The Morgan fingerprint density at radius 1 is 1.38 bits per heavy atom. The van der Waals surface area contributed by atoms with Gasteiger partial charge in [-0.2, -0.15) is 0 Å². The van der Waals surface area contributed by atoms with Crippen LogP contribution < -0.4 is 0 Å². The van der Waals surface area contributed by atoms with Crippen LogP contribution in [0.1, 0.15) is 29.6 Å². The highest BCUT2D eigenvalue weighted by atomic mass is 79.9. The number of aliphatic hydroxyl groups excluding tert-OH is 1. The SMILES string of the molecule is O=C(c1ccnc2ccc(Br)cc12)N1CCCC[C@@H]1CO. The fourth-order valence-electron chi connectivity index (χ4n) is 2.92. The summed E-state index contributed by atoms with van der Waals surface area (Å²) in [5.74, 6) is -0.0146. The second-order valence-electron chi connectivity index (χ2n) is 5.35. The first-order valence-corrected chi connectivity index (χ1v) is 7.96. The van der Waals surface area contributed by atoms with E-state index in [0.717, 1.165) is 34.6 Å². The summed E-state index contributed by atoms with van der Waals surface area (Å²) >= 11 is 3.44. The van der Waals surface area contributed by atoms with Gasteiger partial charge in [-0.1, -0.05) is 15.9 Å². The first-order valence-electron chi connectivity index (χ1n) is 7.17. The summed E-state index contributed by atoms with van der Waals surface area (Å²) in [6, 6.07) is 7.44. The van der Waals surface area contributed by atoms with E-state index < -0.39 is 0 Å². The molecule has 0 aliphatic carbocycles. The molecular formula is C16H17BrN2O2. The number of benzene rings is 1. The number of halogens is 1. The molecule has 1 atom stereocenters. The first-order chi connectivity index (χ1) is 10.2. The second kappa shape index (κ2) is 6.12. The lowest BCUT2D eigenvalue weighted by Crippen LogP contribution is -2.45. The maximum absolute atomic E-state index is 12.9. The van der Waals surface area contributed by atoms with E-state index in [1.165, 1.54) is 0 Å². The molecule has 1 amide bonds. The van der Waals surface area contributed by atoms with Gasteiger partial charge in [0.25, 0.3) is 5.91 Å². The lowest BCUT2D eigenvalue weighted by molar-refractivity contribution is 0.0505. The molecule has 4 nitrogen and oxygen atoms in total. The quantitative estimate of drug-likeness (QED) is 0.907. The fraction of sp³-hybridized carbons (Fsp3) is 0.375. The van der Waals surface area contributed by atoms with Crippen LogP contribution in [0.15, 0.2) is 34.9 Å². The van der Waals surface area contributed by atoms with Gasteiger partial charge < -0.3 is 10.0 Å². The van der Waals surface area contributed by atoms with Crippen molar-refractivity contribution >= 4 is 32.7 Å². The third kappa shape index (κ3) is 2.80. The highest BCUT2D eigenvalue weighted by molar-refractivity contribution is 9.10. The predicted molar refractivity (Wildman–Crippen MR) is 85.2 cm³/mol. The Morgan fingerprint density at radius 2 is 2.24 bits per heavy atom. The fourth-order valence-corrected chi connectivity index (χ4v) is 3.28. The van der Waals surface area contributed by atoms with Gasteiger partial charge in [-0.05, 0) is 43.5 Å². The van der Waals surface area contributed by atoms with E-state index in [0.29, 0.717) is 12.1 Å². The first kappa shape index (κ1) is 14.5. The molecule has 3 rings (SSSR count). The van der Waals surface area contributed by atoms with Crippen LogP contribution in [0.4, 0.5) is 0 Å². The highest BCUT2D eigenvalue weighted by Crippen LogP contribution is 2.25. The third-order valence-corrected chi connectivity index (χ3v) is 4.53. The zero-order valence-corrected chi connectivity index (χ0v) is 13.2. The predicted octanol–water partition coefficient (Wildman–Crippen LogP) is 2.98. The molecule has 0 saturated carbocycles. The molecule has 1 aliphatic rings. The molecule has 1 N–H and O–H groups in total. The van der Waals surface area contributed by atoms with E-state index in [2.05, 4.69) is 20.9 Å². The van der Waals surface area contributed by atoms with Crippen molar-refractivity contribution < 1.29 is 9.90 Å². The molecule has 1 fully saturated rings. The summed E-state index contributed by atoms with van der Waals surface area (Å²) in [4.78, 5) is 19.0. The number of hydrogen-bond donors (Lipinski definition) is 1. The number of hydrogen-bond acceptors (Lipinski definition) is 3. The van der Waals surface area contributed by atoms with E-state index in [1.807, 2.05) is 18.2 Å². The topological polar surface area (TPSA) is 53.4 Å². The van der Waals surface area contributed by atoms with Crippen molar-refractivity contribution in [2.45, 2.75) is 25.3 Å². The van der Waals surface area contributed by atoms with Gasteiger partial charge >= 0.3 is 0 Å². The average Bonchev–Trinajstić information content (AvgIpc) is 2.53. The number of nitrogens with zero attached hydrogens (tertiary/aromatic N) is 2. The van der Waals surface area contributed by atoms with Gasteiger partial charge in [-0.3, -0.25) is 9.78 Å². The van der Waals surface area contributed by atoms with E-state index in [9.17, 15) is 9.90 Å². The van der Waals surface area contributed by atoms with Crippen molar-refractivity contribution in [3.05, 3.63) is 40.5 Å². The Bertz CT molecular complexity index is 674. The molecule has 1 saturated heterocycles. The van der Waals surface area contributed by atoms with Crippen molar-refractivity contribution in [1.29, 1.82) is 0 Å². The van der Waals surface area contributed by atoms with Crippen LogP contribution in [0.3, 0.4) is 0 Å². The Kier molecular flexibility index (Phi) is 4.22. The van der Waals surface area contributed by atoms with Crippen LogP contribution in [0.25, 0.3) is 10.9 Å². The summed E-state index contributed by atoms with van der Waals surface area (Å²) < 4.78 is 0.925. The largest absolute Gasteiger partial charge is 0.394 e. The van der Waals surface area contributed by atoms with Gasteiger partial charge in [0.2, 0.25) is 0 Å². The number of carbonyl (C=O) groups is 1. The minimum atomic E-state index is -0.0679. The molecule has 1 aliphatic heterocycles. The molecule has 0 bridgehead atoms. The van der Waals surface area contributed by atoms with Gasteiger partial charge in [-0.15, -0.1) is 0 Å². The van der Waals surface area contributed by atoms with Crippen molar-refractivity contribution in [2.75, 3.05) is 13.2 Å². The number of aliphatic hydroxyl groups is 1. The average molecular weight is 349 g/mol. The van der Waals surface area contributed by atoms with Crippen LogP contribution in [0.2, 0.25) is 0 Å². The van der Waals surface area contributed by atoms with Crippen molar-refractivity contribution in [2.24, 2.45) is 0 Å². The maximum atomic E-state index is 12.9. The minimum absolute atomic E-state index is 0.0146. The van der Waals surface area contributed by atoms with Crippen LogP contribution in [0, 0.1) is 0 Å². The standard InChI is InChI=1S/C16H17BrN2O2/c17-11-4-5-15-14(9-11)13(6-7-18-15)16(21)19-8-2-1-3-12(19)10-20/h4-7,9,12,20H,1-3,8,10H2/t12-/m1/s1. The smallest absolute Gasteiger partial charge is 0.254 e. The van der Waals surface area contributed by atoms with E-state index in [-0.39, 0.29) is 18.6 Å². The number of fused-ring (bicyclic) bond motifs is 1. The Hall–Kier alpha value is -1.46. The van der Waals surface area contributed by atoms with Crippen molar-refractivity contribution in [3.63, 3.8) is 0 Å². The van der Waals surface area contributed by atoms with Gasteiger partial charge in [0.05, 0.1) is 23.7 Å². The minimum Gasteiger partial charge on any atom is -0.394 e.